The molecule has 0 saturated carbocycles. The Morgan fingerprint density at radius 3 is 2.52 bits per heavy atom. The Kier molecular flexibility index (Phi) is 4.72. The molecule has 3 nitrogen and oxygen atoms in total. The zero-order valence-corrected chi connectivity index (χ0v) is 13.3. The molecule has 1 fully saturated rings. The molecule has 2 aromatic rings. The zero-order chi connectivity index (χ0) is 16.2. The maximum atomic E-state index is 14.5. The Morgan fingerprint density at radius 1 is 1.04 bits per heavy atom. The number of carbonyl (C=O) groups excluding carboxylic acids is 1. The quantitative estimate of drug-likeness (QED) is 0.923. The maximum absolute atomic E-state index is 14.5. The molecule has 0 unspecified atom stereocenters. The monoisotopic (exact) mass is 312 g/mol. The molecule has 23 heavy (non-hydrogen) atoms. The van der Waals surface area contributed by atoms with E-state index in [4.69, 9.17) is 0 Å². The topological polar surface area (TPSA) is 32.3 Å². The van der Waals surface area contributed by atoms with Crippen molar-refractivity contribution in [3.63, 3.8) is 0 Å². The highest BCUT2D eigenvalue weighted by Crippen LogP contribution is 2.23. The van der Waals surface area contributed by atoms with Crippen LogP contribution in [0.4, 0.5) is 4.39 Å². The number of benzene rings is 2. The lowest BCUT2D eigenvalue weighted by molar-refractivity contribution is 0.0761. The van der Waals surface area contributed by atoms with Gasteiger partial charge in [-0.05, 0) is 43.1 Å². The molecule has 1 aliphatic heterocycles. The van der Waals surface area contributed by atoms with Crippen LogP contribution in [-0.4, -0.2) is 37.0 Å². The predicted molar refractivity (Wildman–Crippen MR) is 90.0 cm³/mol. The smallest absolute Gasteiger partial charge is 0.256 e. The minimum Gasteiger partial charge on any atom is -0.337 e. The molecule has 0 aliphatic carbocycles. The second-order valence-electron chi connectivity index (χ2n) is 5.96. The highest BCUT2D eigenvalue weighted by molar-refractivity contribution is 5.95. The molecule has 4 heteroatoms. The third-order valence-electron chi connectivity index (χ3n) is 4.21. The fourth-order valence-electron chi connectivity index (χ4n) is 2.83. The zero-order valence-electron chi connectivity index (χ0n) is 13.3. The van der Waals surface area contributed by atoms with Gasteiger partial charge in [0, 0.05) is 19.6 Å². The van der Waals surface area contributed by atoms with Gasteiger partial charge in [0.1, 0.15) is 5.82 Å². The van der Waals surface area contributed by atoms with Crippen LogP contribution in [0, 0.1) is 12.7 Å². The highest BCUT2D eigenvalue weighted by Gasteiger charge is 2.20. The number of nitrogens with zero attached hydrogens (tertiary/aromatic N) is 1. The predicted octanol–water partition coefficient (Wildman–Crippen LogP) is 3.24. The van der Waals surface area contributed by atoms with E-state index in [9.17, 15) is 9.18 Å². The van der Waals surface area contributed by atoms with Crippen molar-refractivity contribution in [1.29, 1.82) is 0 Å². The number of hydrogen-bond donors (Lipinski definition) is 1. The van der Waals surface area contributed by atoms with Crippen LogP contribution in [0.2, 0.25) is 0 Å². The first-order valence-corrected chi connectivity index (χ1v) is 8.02. The van der Waals surface area contributed by atoms with Gasteiger partial charge in [0.25, 0.3) is 5.91 Å². The van der Waals surface area contributed by atoms with Crippen LogP contribution >= 0.6 is 0 Å². The lowest BCUT2D eigenvalue weighted by atomic mass is 10.0. The fraction of sp³-hybridized carbons (Fsp3) is 0.316. The number of nitrogens with one attached hydrogen (secondary N) is 1. The Bertz CT molecular complexity index is 689. The van der Waals surface area contributed by atoms with E-state index in [-0.39, 0.29) is 11.5 Å². The van der Waals surface area contributed by atoms with Gasteiger partial charge in [0.2, 0.25) is 0 Å². The number of aryl methyl sites for hydroxylation is 1. The second kappa shape index (κ2) is 6.92. The molecule has 1 aliphatic rings. The minimum atomic E-state index is -0.453. The van der Waals surface area contributed by atoms with Gasteiger partial charge in [0.05, 0.1) is 5.56 Å². The lowest BCUT2D eigenvalue weighted by Crippen LogP contribution is -2.34. The molecule has 0 radical (unpaired) electrons. The largest absolute Gasteiger partial charge is 0.337 e. The summed E-state index contributed by atoms with van der Waals surface area (Å²) in [5, 5.41) is 3.25. The first kappa shape index (κ1) is 15.7. The van der Waals surface area contributed by atoms with Gasteiger partial charge in [0.15, 0.2) is 0 Å². The molecule has 1 saturated heterocycles. The first-order valence-electron chi connectivity index (χ1n) is 8.02. The van der Waals surface area contributed by atoms with Crippen molar-refractivity contribution >= 4 is 5.91 Å². The van der Waals surface area contributed by atoms with Gasteiger partial charge in [-0.3, -0.25) is 4.79 Å². The van der Waals surface area contributed by atoms with Crippen LogP contribution in [0.1, 0.15) is 22.3 Å². The summed E-state index contributed by atoms with van der Waals surface area (Å²) >= 11 is 0. The van der Waals surface area contributed by atoms with E-state index in [1.807, 2.05) is 37.3 Å². The van der Waals surface area contributed by atoms with E-state index < -0.39 is 5.82 Å². The van der Waals surface area contributed by atoms with Gasteiger partial charge >= 0.3 is 0 Å². The van der Waals surface area contributed by atoms with Crippen LogP contribution in [0.15, 0.2) is 42.5 Å². The van der Waals surface area contributed by atoms with Gasteiger partial charge in [-0.2, -0.15) is 0 Å². The van der Waals surface area contributed by atoms with Gasteiger partial charge in [-0.1, -0.05) is 35.9 Å². The third kappa shape index (κ3) is 3.59. The van der Waals surface area contributed by atoms with Crippen molar-refractivity contribution in [2.45, 2.75) is 13.3 Å². The summed E-state index contributed by atoms with van der Waals surface area (Å²) in [5.74, 6) is -0.674. The lowest BCUT2D eigenvalue weighted by Gasteiger charge is -2.20. The average Bonchev–Trinajstić information content (AvgIpc) is 2.84. The summed E-state index contributed by atoms with van der Waals surface area (Å²) in [4.78, 5) is 14.3. The van der Waals surface area contributed by atoms with Gasteiger partial charge < -0.3 is 10.2 Å². The summed E-state index contributed by atoms with van der Waals surface area (Å²) in [5.41, 5.74) is 3.06. The van der Waals surface area contributed by atoms with Crippen LogP contribution < -0.4 is 5.32 Å². The van der Waals surface area contributed by atoms with E-state index in [1.165, 1.54) is 6.07 Å². The minimum absolute atomic E-state index is 0.155. The number of amides is 1. The molecule has 3 rings (SSSR count). The normalized spacial score (nSPS) is 15.3. The van der Waals surface area contributed by atoms with Crippen molar-refractivity contribution in [2.75, 3.05) is 26.2 Å². The summed E-state index contributed by atoms with van der Waals surface area (Å²) in [6, 6.07) is 12.8. The van der Waals surface area contributed by atoms with Gasteiger partial charge in [-0.15, -0.1) is 0 Å². The molecule has 2 aromatic carbocycles. The number of carbonyl (C=O) groups is 1. The average molecular weight is 312 g/mol. The summed E-state index contributed by atoms with van der Waals surface area (Å²) < 4.78 is 14.5. The Labute approximate surface area is 136 Å². The van der Waals surface area contributed by atoms with Crippen LogP contribution in [0.5, 0.6) is 0 Å². The molecule has 1 N–H and O–H groups in total. The van der Waals surface area contributed by atoms with E-state index in [0.29, 0.717) is 13.1 Å². The molecule has 1 heterocycles. The SMILES string of the molecule is Cc1ccc(-c2ccc(C(=O)N3CCCNCC3)c(F)c2)cc1. The molecule has 1 amide bonds. The fourth-order valence-corrected chi connectivity index (χ4v) is 2.83. The second-order valence-corrected chi connectivity index (χ2v) is 5.96. The standard InChI is InChI=1S/C19H21FN2O/c1-14-3-5-15(6-4-14)16-7-8-17(18(20)13-16)19(23)22-11-2-9-21-10-12-22/h3-8,13,21H,2,9-12H2,1H3. The first-order chi connectivity index (χ1) is 11.1. The Balaban J connectivity index is 1.84. The molecule has 0 spiro atoms. The highest BCUT2D eigenvalue weighted by atomic mass is 19.1. The third-order valence-corrected chi connectivity index (χ3v) is 4.21. The van der Waals surface area contributed by atoms with Crippen molar-refractivity contribution < 1.29 is 9.18 Å². The number of rotatable bonds is 2. The van der Waals surface area contributed by atoms with Crippen LogP contribution in [0.3, 0.4) is 0 Å². The molecule has 120 valence electrons. The van der Waals surface area contributed by atoms with Crippen LogP contribution in [0.25, 0.3) is 11.1 Å². The number of hydrogen-bond acceptors (Lipinski definition) is 2. The van der Waals surface area contributed by atoms with E-state index in [2.05, 4.69) is 5.32 Å². The Hall–Kier alpha value is -2.20. The van der Waals surface area contributed by atoms with E-state index in [0.717, 1.165) is 36.2 Å². The molecule has 0 bridgehead atoms. The van der Waals surface area contributed by atoms with E-state index >= 15 is 0 Å². The van der Waals surface area contributed by atoms with Crippen molar-refractivity contribution in [2.24, 2.45) is 0 Å². The van der Waals surface area contributed by atoms with Gasteiger partial charge in [-0.25, -0.2) is 4.39 Å². The summed E-state index contributed by atoms with van der Waals surface area (Å²) in [7, 11) is 0. The summed E-state index contributed by atoms with van der Waals surface area (Å²) in [6.07, 6.45) is 0.898. The molecular weight excluding hydrogens is 291 g/mol. The molecule has 0 aromatic heterocycles. The van der Waals surface area contributed by atoms with E-state index in [1.54, 1.807) is 11.0 Å². The van der Waals surface area contributed by atoms with Crippen molar-refractivity contribution in [3.05, 3.63) is 59.4 Å². The maximum Gasteiger partial charge on any atom is 0.256 e. The molecule has 0 atom stereocenters. The van der Waals surface area contributed by atoms with Crippen molar-refractivity contribution in [1.82, 2.24) is 10.2 Å². The number of halogens is 1. The van der Waals surface area contributed by atoms with Crippen LogP contribution in [-0.2, 0) is 0 Å². The summed E-state index contributed by atoms with van der Waals surface area (Å²) in [6.45, 7) is 4.97. The Morgan fingerprint density at radius 2 is 1.78 bits per heavy atom. The van der Waals surface area contributed by atoms with Crippen molar-refractivity contribution in [3.8, 4) is 11.1 Å². The molecular formula is C19H21FN2O.